The average molecular weight is 290 g/mol. The lowest BCUT2D eigenvalue weighted by molar-refractivity contribution is -0.144. The van der Waals surface area contributed by atoms with Gasteiger partial charge in [-0.15, -0.1) is 12.6 Å². The zero-order valence-corrected chi connectivity index (χ0v) is 12.9. The average Bonchev–Trinajstić information content (AvgIpc) is 3.25. The molecule has 108 valence electrons. The van der Waals surface area contributed by atoms with Crippen molar-refractivity contribution in [3.05, 3.63) is 29.8 Å². The molecule has 2 atom stereocenters. The van der Waals surface area contributed by atoms with Gasteiger partial charge in [0.25, 0.3) is 0 Å². The van der Waals surface area contributed by atoms with E-state index in [1.165, 1.54) is 39.2 Å². The second kappa shape index (κ2) is 5.44. The SMILES string of the molecule is COC(=O)C1(c2ccc(S)cc2)CC1C1CCCCC1. The summed E-state index contributed by atoms with van der Waals surface area (Å²) in [7, 11) is 1.51. The number of hydrogen-bond donors (Lipinski definition) is 1. The van der Waals surface area contributed by atoms with Gasteiger partial charge in [-0.05, 0) is 36.0 Å². The van der Waals surface area contributed by atoms with E-state index in [1.54, 1.807) is 0 Å². The lowest BCUT2D eigenvalue weighted by atomic mass is 9.80. The minimum absolute atomic E-state index is 0.0556. The van der Waals surface area contributed by atoms with E-state index in [4.69, 9.17) is 4.74 Å². The molecule has 1 aromatic rings. The summed E-state index contributed by atoms with van der Waals surface area (Å²) < 4.78 is 5.13. The molecule has 0 heterocycles. The number of carbonyl (C=O) groups excluding carboxylic acids is 1. The monoisotopic (exact) mass is 290 g/mol. The molecule has 20 heavy (non-hydrogen) atoms. The van der Waals surface area contributed by atoms with Gasteiger partial charge in [0.2, 0.25) is 0 Å². The Morgan fingerprint density at radius 2 is 1.85 bits per heavy atom. The molecule has 0 aromatic heterocycles. The molecule has 0 aliphatic heterocycles. The molecule has 0 spiro atoms. The minimum Gasteiger partial charge on any atom is -0.468 e. The molecule has 2 saturated carbocycles. The number of carbonyl (C=O) groups is 1. The fourth-order valence-corrected chi connectivity index (χ4v) is 4.17. The number of benzene rings is 1. The smallest absolute Gasteiger partial charge is 0.316 e. The van der Waals surface area contributed by atoms with Crippen LogP contribution < -0.4 is 0 Å². The van der Waals surface area contributed by atoms with E-state index in [-0.39, 0.29) is 11.4 Å². The molecule has 2 fully saturated rings. The Morgan fingerprint density at radius 1 is 1.20 bits per heavy atom. The van der Waals surface area contributed by atoms with Crippen molar-refractivity contribution in [2.24, 2.45) is 11.8 Å². The van der Waals surface area contributed by atoms with E-state index >= 15 is 0 Å². The summed E-state index contributed by atoms with van der Waals surface area (Å²) in [6, 6.07) is 8.03. The van der Waals surface area contributed by atoms with E-state index in [1.807, 2.05) is 24.3 Å². The maximum Gasteiger partial charge on any atom is 0.316 e. The maximum atomic E-state index is 12.4. The highest BCUT2D eigenvalue weighted by Gasteiger charge is 2.64. The first-order valence-corrected chi connectivity index (χ1v) is 8.01. The van der Waals surface area contributed by atoms with E-state index in [0.29, 0.717) is 11.8 Å². The zero-order valence-electron chi connectivity index (χ0n) is 12.0. The van der Waals surface area contributed by atoms with Crippen LogP contribution in [0.4, 0.5) is 0 Å². The molecule has 0 amide bonds. The van der Waals surface area contributed by atoms with Crippen molar-refractivity contribution in [1.82, 2.24) is 0 Å². The second-order valence-electron chi connectivity index (χ2n) is 6.22. The summed E-state index contributed by atoms with van der Waals surface area (Å²) in [5.41, 5.74) is 0.732. The van der Waals surface area contributed by atoms with Crippen molar-refractivity contribution in [3.8, 4) is 0 Å². The van der Waals surface area contributed by atoms with Crippen molar-refractivity contribution in [2.45, 2.75) is 48.8 Å². The van der Waals surface area contributed by atoms with Crippen LogP contribution in [0.1, 0.15) is 44.1 Å². The zero-order chi connectivity index (χ0) is 14.2. The molecule has 0 radical (unpaired) electrons. The summed E-state index contributed by atoms with van der Waals surface area (Å²) in [6.45, 7) is 0. The van der Waals surface area contributed by atoms with E-state index in [0.717, 1.165) is 16.9 Å². The number of ether oxygens (including phenoxy) is 1. The Labute approximate surface area is 126 Å². The highest BCUT2D eigenvalue weighted by atomic mass is 32.1. The summed E-state index contributed by atoms with van der Waals surface area (Å²) in [5.74, 6) is 1.11. The van der Waals surface area contributed by atoms with Gasteiger partial charge in [-0.1, -0.05) is 44.2 Å². The molecule has 0 N–H and O–H groups in total. The number of rotatable bonds is 3. The summed E-state index contributed by atoms with van der Waals surface area (Å²) >= 11 is 4.33. The Kier molecular flexibility index (Phi) is 3.80. The molecule has 3 heteroatoms. The third-order valence-corrected chi connectivity index (χ3v) is 5.46. The van der Waals surface area contributed by atoms with Gasteiger partial charge in [0.15, 0.2) is 0 Å². The van der Waals surface area contributed by atoms with Gasteiger partial charge in [-0.3, -0.25) is 4.79 Å². The summed E-state index contributed by atoms with van der Waals surface area (Å²) in [6.07, 6.45) is 7.48. The van der Waals surface area contributed by atoms with Crippen molar-refractivity contribution < 1.29 is 9.53 Å². The van der Waals surface area contributed by atoms with Gasteiger partial charge in [0.1, 0.15) is 0 Å². The van der Waals surface area contributed by atoms with Crippen LogP contribution >= 0.6 is 12.6 Å². The number of esters is 1. The lowest BCUT2D eigenvalue weighted by Crippen LogP contribution is -2.27. The predicted molar refractivity (Wildman–Crippen MR) is 82.1 cm³/mol. The highest BCUT2D eigenvalue weighted by molar-refractivity contribution is 7.80. The van der Waals surface area contributed by atoms with Gasteiger partial charge in [-0.2, -0.15) is 0 Å². The number of thiol groups is 1. The molecule has 0 saturated heterocycles. The molecule has 2 aliphatic carbocycles. The third-order valence-electron chi connectivity index (χ3n) is 5.17. The van der Waals surface area contributed by atoms with Crippen LogP contribution in [0.15, 0.2) is 29.2 Å². The molecule has 3 rings (SSSR count). The standard InChI is InChI=1S/C17H22O2S/c1-19-16(18)17(13-7-9-14(20)10-8-13)11-15(17)12-5-3-2-4-6-12/h7-10,12,15,20H,2-6,11H2,1H3. The van der Waals surface area contributed by atoms with Crippen LogP contribution in [-0.4, -0.2) is 13.1 Å². The van der Waals surface area contributed by atoms with Gasteiger partial charge >= 0.3 is 5.97 Å². The van der Waals surface area contributed by atoms with E-state index in [9.17, 15) is 4.79 Å². The van der Waals surface area contributed by atoms with Crippen LogP contribution in [0.5, 0.6) is 0 Å². The molecule has 2 nitrogen and oxygen atoms in total. The normalized spacial score (nSPS) is 30.0. The number of methoxy groups -OCH3 is 1. The third kappa shape index (κ3) is 2.26. The van der Waals surface area contributed by atoms with Gasteiger partial charge in [-0.25, -0.2) is 0 Å². The largest absolute Gasteiger partial charge is 0.468 e. The molecule has 2 unspecified atom stereocenters. The first-order valence-electron chi connectivity index (χ1n) is 7.56. The first-order chi connectivity index (χ1) is 9.68. The molecule has 0 bridgehead atoms. The number of hydrogen-bond acceptors (Lipinski definition) is 3. The van der Waals surface area contributed by atoms with Crippen LogP contribution in [0.2, 0.25) is 0 Å². The Morgan fingerprint density at radius 3 is 2.45 bits per heavy atom. The van der Waals surface area contributed by atoms with Gasteiger partial charge < -0.3 is 4.74 Å². The van der Waals surface area contributed by atoms with Crippen LogP contribution in [0, 0.1) is 11.8 Å². The highest BCUT2D eigenvalue weighted by Crippen LogP contribution is 2.61. The molecule has 2 aliphatic rings. The van der Waals surface area contributed by atoms with Crippen molar-refractivity contribution in [1.29, 1.82) is 0 Å². The Hall–Kier alpha value is -0.960. The van der Waals surface area contributed by atoms with E-state index < -0.39 is 0 Å². The maximum absolute atomic E-state index is 12.4. The van der Waals surface area contributed by atoms with Crippen molar-refractivity contribution >= 4 is 18.6 Å². The van der Waals surface area contributed by atoms with Crippen molar-refractivity contribution in [2.75, 3.05) is 7.11 Å². The molecular formula is C17H22O2S. The summed E-state index contributed by atoms with van der Waals surface area (Å²) in [4.78, 5) is 13.3. The summed E-state index contributed by atoms with van der Waals surface area (Å²) in [5, 5.41) is 0. The molecule has 1 aromatic carbocycles. The fraction of sp³-hybridized carbons (Fsp3) is 0.588. The van der Waals surface area contributed by atoms with Crippen LogP contribution in [0.25, 0.3) is 0 Å². The Balaban J connectivity index is 1.88. The van der Waals surface area contributed by atoms with Gasteiger partial charge in [0.05, 0.1) is 12.5 Å². The van der Waals surface area contributed by atoms with Crippen molar-refractivity contribution in [3.63, 3.8) is 0 Å². The Bertz CT molecular complexity index is 490. The molecular weight excluding hydrogens is 268 g/mol. The fourth-order valence-electron chi connectivity index (χ4n) is 4.02. The van der Waals surface area contributed by atoms with E-state index in [2.05, 4.69) is 12.6 Å². The predicted octanol–water partition coefficient (Wildman–Crippen LogP) is 3.99. The lowest BCUT2D eigenvalue weighted by Gasteiger charge is -2.25. The topological polar surface area (TPSA) is 26.3 Å². The van der Waals surface area contributed by atoms with Crippen LogP contribution in [-0.2, 0) is 14.9 Å². The second-order valence-corrected chi connectivity index (χ2v) is 6.73. The first kappa shape index (κ1) is 14.0. The quantitative estimate of drug-likeness (QED) is 0.673. The van der Waals surface area contributed by atoms with Crippen LogP contribution in [0.3, 0.4) is 0 Å². The van der Waals surface area contributed by atoms with Gasteiger partial charge in [0, 0.05) is 4.90 Å². The minimum atomic E-state index is -0.377.